The van der Waals surface area contributed by atoms with Crippen LogP contribution in [0.25, 0.3) is 0 Å². The zero-order valence-corrected chi connectivity index (χ0v) is 14.2. The van der Waals surface area contributed by atoms with Crippen LogP contribution >= 0.6 is 0 Å². The van der Waals surface area contributed by atoms with Crippen molar-refractivity contribution < 1.29 is 14.3 Å². The minimum Gasteiger partial charge on any atom is -0.486 e. The molecule has 1 fully saturated rings. The van der Waals surface area contributed by atoms with Crippen LogP contribution in [0.15, 0.2) is 18.2 Å². The summed E-state index contributed by atoms with van der Waals surface area (Å²) >= 11 is 0. The second kappa shape index (κ2) is 6.81. The number of benzene rings is 1. The Bertz CT molecular complexity index is 564. The van der Waals surface area contributed by atoms with Gasteiger partial charge in [0.2, 0.25) is 5.91 Å². The predicted octanol–water partition coefficient (Wildman–Crippen LogP) is 3.78. The van der Waals surface area contributed by atoms with E-state index < -0.39 is 0 Å². The van der Waals surface area contributed by atoms with E-state index in [9.17, 15) is 4.79 Å². The van der Waals surface area contributed by atoms with Crippen LogP contribution in [0.1, 0.15) is 57.9 Å². The molecule has 0 radical (unpaired) electrons. The SMILES string of the molecule is CCCC(C)C(=O)NC1(c2ccc3c(c2)OCCO3)CCCC1. The topological polar surface area (TPSA) is 47.6 Å². The summed E-state index contributed by atoms with van der Waals surface area (Å²) in [7, 11) is 0. The summed E-state index contributed by atoms with van der Waals surface area (Å²) in [6, 6.07) is 6.12. The van der Waals surface area contributed by atoms with Gasteiger partial charge in [-0.15, -0.1) is 0 Å². The van der Waals surface area contributed by atoms with Gasteiger partial charge in [-0.1, -0.05) is 39.2 Å². The Morgan fingerprint density at radius 3 is 2.61 bits per heavy atom. The van der Waals surface area contributed by atoms with Crippen molar-refractivity contribution in [3.63, 3.8) is 0 Å². The molecule has 1 aromatic rings. The van der Waals surface area contributed by atoms with Gasteiger partial charge in [-0.05, 0) is 37.0 Å². The molecular formula is C19H27NO3. The van der Waals surface area contributed by atoms with Gasteiger partial charge < -0.3 is 14.8 Å². The number of hydrogen-bond donors (Lipinski definition) is 1. The fraction of sp³-hybridized carbons (Fsp3) is 0.632. The summed E-state index contributed by atoms with van der Waals surface area (Å²) in [5.74, 6) is 1.84. The van der Waals surface area contributed by atoms with E-state index in [1.807, 2.05) is 13.0 Å². The highest BCUT2D eigenvalue weighted by molar-refractivity contribution is 5.79. The first kappa shape index (κ1) is 16.2. The summed E-state index contributed by atoms with van der Waals surface area (Å²) in [6.07, 6.45) is 6.26. The normalized spacial score (nSPS) is 20.1. The van der Waals surface area contributed by atoms with Gasteiger partial charge in [0.25, 0.3) is 0 Å². The fourth-order valence-corrected chi connectivity index (χ4v) is 3.73. The molecule has 0 bridgehead atoms. The largest absolute Gasteiger partial charge is 0.486 e. The molecule has 0 aromatic heterocycles. The van der Waals surface area contributed by atoms with E-state index in [1.54, 1.807) is 0 Å². The first-order valence-electron chi connectivity index (χ1n) is 8.87. The van der Waals surface area contributed by atoms with E-state index in [4.69, 9.17) is 9.47 Å². The Labute approximate surface area is 138 Å². The van der Waals surface area contributed by atoms with Crippen molar-refractivity contribution >= 4 is 5.91 Å². The number of amides is 1. The van der Waals surface area contributed by atoms with Crippen LogP contribution in [0.5, 0.6) is 11.5 Å². The van der Waals surface area contributed by atoms with Gasteiger partial charge in [-0.25, -0.2) is 0 Å². The predicted molar refractivity (Wildman–Crippen MR) is 89.8 cm³/mol. The third-order valence-corrected chi connectivity index (χ3v) is 5.08. The van der Waals surface area contributed by atoms with Crippen molar-refractivity contribution in [2.45, 2.75) is 57.9 Å². The van der Waals surface area contributed by atoms with E-state index in [0.717, 1.165) is 55.6 Å². The van der Waals surface area contributed by atoms with Gasteiger partial charge in [0.05, 0.1) is 5.54 Å². The lowest BCUT2D eigenvalue weighted by molar-refractivity contribution is -0.126. The third kappa shape index (κ3) is 3.31. The zero-order valence-electron chi connectivity index (χ0n) is 14.2. The summed E-state index contributed by atoms with van der Waals surface area (Å²) in [5, 5.41) is 3.36. The summed E-state index contributed by atoms with van der Waals surface area (Å²) in [4.78, 5) is 12.6. The van der Waals surface area contributed by atoms with Crippen LogP contribution in [-0.4, -0.2) is 19.1 Å². The molecule has 1 aromatic carbocycles. The molecule has 4 nitrogen and oxygen atoms in total. The van der Waals surface area contributed by atoms with Crippen molar-refractivity contribution in [2.75, 3.05) is 13.2 Å². The molecule has 1 unspecified atom stereocenters. The zero-order chi connectivity index (χ0) is 16.3. The smallest absolute Gasteiger partial charge is 0.223 e. The van der Waals surface area contributed by atoms with Crippen molar-refractivity contribution in [1.29, 1.82) is 0 Å². The summed E-state index contributed by atoms with van der Waals surface area (Å²) in [6.45, 7) is 5.33. The number of ether oxygens (including phenoxy) is 2. The molecule has 0 spiro atoms. The molecule has 1 aliphatic heterocycles. The van der Waals surface area contributed by atoms with E-state index in [1.165, 1.54) is 0 Å². The molecule has 1 heterocycles. The average molecular weight is 317 g/mol. The Hall–Kier alpha value is -1.71. The van der Waals surface area contributed by atoms with Crippen LogP contribution in [0.4, 0.5) is 0 Å². The minimum atomic E-state index is -0.241. The molecule has 1 aliphatic carbocycles. The number of carbonyl (C=O) groups is 1. The van der Waals surface area contributed by atoms with E-state index >= 15 is 0 Å². The Kier molecular flexibility index (Phi) is 4.79. The monoisotopic (exact) mass is 317 g/mol. The van der Waals surface area contributed by atoms with Crippen molar-refractivity contribution in [3.05, 3.63) is 23.8 Å². The first-order chi connectivity index (χ1) is 11.1. The maximum absolute atomic E-state index is 12.6. The van der Waals surface area contributed by atoms with Crippen LogP contribution in [0.2, 0.25) is 0 Å². The molecule has 4 heteroatoms. The fourth-order valence-electron chi connectivity index (χ4n) is 3.73. The number of carbonyl (C=O) groups excluding carboxylic acids is 1. The molecule has 0 saturated heterocycles. The quantitative estimate of drug-likeness (QED) is 0.899. The van der Waals surface area contributed by atoms with Crippen LogP contribution < -0.4 is 14.8 Å². The second-order valence-electron chi connectivity index (χ2n) is 6.83. The first-order valence-corrected chi connectivity index (χ1v) is 8.87. The highest BCUT2D eigenvalue weighted by atomic mass is 16.6. The molecule has 126 valence electrons. The lowest BCUT2D eigenvalue weighted by Gasteiger charge is -2.33. The number of rotatable bonds is 5. The summed E-state index contributed by atoms with van der Waals surface area (Å²) in [5.41, 5.74) is 0.908. The van der Waals surface area contributed by atoms with Crippen LogP contribution in [0, 0.1) is 5.92 Å². The average Bonchev–Trinajstić information content (AvgIpc) is 3.04. The van der Waals surface area contributed by atoms with Gasteiger partial charge in [0, 0.05) is 5.92 Å². The van der Waals surface area contributed by atoms with Gasteiger partial charge in [-0.2, -0.15) is 0 Å². The lowest BCUT2D eigenvalue weighted by atomic mass is 9.87. The van der Waals surface area contributed by atoms with Gasteiger partial charge in [0.1, 0.15) is 13.2 Å². The molecule has 1 saturated carbocycles. The Morgan fingerprint density at radius 2 is 1.91 bits per heavy atom. The Balaban J connectivity index is 1.84. The van der Waals surface area contributed by atoms with Gasteiger partial charge >= 0.3 is 0 Å². The molecule has 2 aliphatic rings. The lowest BCUT2D eigenvalue weighted by Crippen LogP contribution is -2.46. The Morgan fingerprint density at radius 1 is 1.22 bits per heavy atom. The van der Waals surface area contributed by atoms with E-state index in [-0.39, 0.29) is 17.4 Å². The van der Waals surface area contributed by atoms with Gasteiger partial charge in [0.15, 0.2) is 11.5 Å². The van der Waals surface area contributed by atoms with Crippen LogP contribution in [0.3, 0.4) is 0 Å². The van der Waals surface area contributed by atoms with E-state index in [0.29, 0.717) is 13.2 Å². The molecular weight excluding hydrogens is 290 g/mol. The summed E-state index contributed by atoms with van der Waals surface area (Å²) < 4.78 is 11.3. The molecule has 1 N–H and O–H groups in total. The van der Waals surface area contributed by atoms with Crippen molar-refractivity contribution in [2.24, 2.45) is 5.92 Å². The highest BCUT2D eigenvalue weighted by Gasteiger charge is 2.38. The second-order valence-corrected chi connectivity index (χ2v) is 6.83. The number of fused-ring (bicyclic) bond motifs is 1. The standard InChI is InChI=1S/C19H27NO3/c1-3-6-14(2)18(21)20-19(9-4-5-10-19)15-7-8-16-17(13-15)23-12-11-22-16/h7-8,13-14H,3-6,9-12H2,1-2H3,(H,20,21). The van der Waals surface area contributed by atoms with Crippen LogP contribution in [-0.2, 0) is 10.3 Å². The van der Waals surface area contributed by atoms with Crippen molar-refractivity contribution in [1.82, 2.24) is 5.32 Å². The molecule has 3 rings (SSSR count). The molecule has 23 heavy (non-hydrogen) atoms. The maximum Gasteiger partial charge on any atom is 0.223 e. The van der Waals surface area contributed by atoms with E-state index in [2.05, 4.69) is 24.4 Å². The highest BCUT2D eigenvalue weighted by Crippen LogP contribution is 2.42. The third-order valence-electron chi connectivity index (χ3n) is 5.08. The van der Waals surface area contributed by atoms with Crippen molar-refractivity contribution in [3.8, 4) is 11.5 Å². The maximum atomic E-state index is 12.6. The molecule has 1 atom stereocenters. The molecule has 1 amide bonds. The number of hydrogen-bond acceptors (Lipinski definition) is 3. The minimum absolute atomic E-state index is 0.0645. The van der Waals surface area contributed by atoms with Gasteiger partial charge in [-0.3, -0.25) is 4.79 Å². The number of nitrogens with one attached hydrogen (secondary N) is 1.